The summed E-state index contributed by atoms with van der Waals surface area (Å²) < 4.78 is 15.6. The molecule has 0 radical (unpaired) electrons. The van der Waals surface area contributed by atoms with E-state index in [1.165, 1.54) is 25.1 Å². The van der Waals surface area contributed by atoms with Gasteiger partial charge >= 0.3 is 11.9 Å². The summed E-state index contributed by atoms with van der Waals surface area (Å²) in [5.41, 5.74) is -1.34. The van der Waals surface area contributed by atoms with E-state index in [0.717, 1.165) is 0 Å². The molecule has 1 aliphatic rings. The molecule has 0 bridgehead atoms. The largest absolute Gasteiger partial charge is 0.504 e. The molecule has 2 N–H and O–H groups in total. The standard InChI is InChI=1S/C21H28O8/c1-5-27-15-10-12(8-9-13(15)22)16-17(19(24)28-6-2)14(23)11-21(4,26)18(16)20(25)29-7-3/h8-10,16-18,22,26H,5-7,11H2,1-4H3/t16-,17+,18-,21-/m1/s1. The van der Waals surface area contributed by atoms with Gasteiger partial charge in [-0.05, 0) is 45.4 Å². The maximum atomic E-state index is 12.8. The van der Waals surface area contributed by atoms with Crippen molar-refractivity contribution in [2.45, 2.75) is 45.6 Å². The number of benzene rings is 1. The van der Waals surface area contributed by atoms with Crippen molar-refractivity contribution in [1.29, 1.82) is 0 Å². The van der Waals surface area contributed by atoms with Crippen LogP contribution in [-0.2, 0) is 23.9 Å². The third-order valence-electron chi connectivity index (χ3n) is 5.02. The predicted octanol–water partition coefficient (Wildman–Crippen LogP) is 1.96. The van der Waals surface area contributed by atoms with Crippen molar-refractivity contribution in [3.63, 3.8) is 0 Å². The van der Waals surface area contributed by atoms with E-state index >= 15 is 0 Å². The number of ether oxygens (including phenoxy) is 3. The molecule has 1 aromatic rings. The molecule has 0 amide bonds. The van der Waals surface area contributed by atoms with Gasteiger partial charge in [-0.3, -0.25) is 14.4 Å². The Morgan fingerprint density at radius 2 is 1.72 bits per heavy atom. The van der Waals surface area contributed by atoms with Crippen LogP contribution in [-0.4, -0.2) is 53.4 Å². The Labute approximate surface area is 169 Å². The molecule has 1 aliphatic carbocycles. The number of phenolic OH excluding ortho intramolecular Hbond substituents is 1. The summed E-state index contributed by atoms with van der Waals surface area (Å²) in [6.07, 6.45) is -0.382. The molecule has 4 atom stereocenters. The topological polar surface area (TPSA) is 119 Å². The van der Waals surface area contributed by atoms with Crippen LogP contribution in [0.15, 0.2) is 18.2 Å². The Hall–Kier alpha value is -2.61. The fourth-order valence-corrected chi connectivity index (χ4v) is 3.89. The zero-order valence-electron chi connectivity index (χ0n) is 17.1. The van der Waals surface area contributed by atoms with Crippen LogP contribution in [0, 0.1) is 11.8 Å². The van der Waals surface area contributed by atoms with Crippen molar-refractivity contribution < 1.29 is 38.8 Å². The molecule has 1 saturated carbocycles. The molecular weight excluding hydrogens is 380 g/mol. The SMILES string of the molecule is CCOC(=O)[C@H]1C(=O)C[C@@](C)(O)[C@@H](C(=O)OCC)[C@@H]1c1ccc(O)c(OCC)c1. The number of hydrogen-bond donors (Lipinski definition) is 2. The molecule has 1 fully saturated rings. The summed E-state index contributed by atoms with van der Waals surface area (Å²) in [5.74, 6) is -5.49. The minimum Gasteiger partial charge on any atom is -0.504 e. The van der Waals surface area contributed by atoms with Crippen molar-refractivity contribution in [3.8, 4) is 11.5 Å². The van der Waals surface area contributed by atoms with Crippen LogP contribution in [0.4, 0.5) is 0 Å². The molecule has 0 saturated heterocycles. The van der Waals surface area contributed by atoms with Gasteiger partial charge in [0.05, 0.1) is 31.3 Å². The van der Waals surface area contributed by atoms with Crippen molar-refractivity contribution in [1.82, 2.24) is 0 Å². The third-order valence-corrected chi connectivity index (χ3v) is 5.02. The molecule has 0 aromatic heterocycles. The summed E-state index contributed by atoms with van der Waals surface area (Å²) in [6.45, 7) is 6.79. The quantitative estimate of drug-likeness (QED) is 0.519. The number of Topliss-reactive ketones (excluding diaryl/α,β-unsaturated/α-hetero) is 1. The number of esters is 2. The average Bonchev–Trinajstić information content (AvgIpc) is 2.62. The zero-order valence-corrected chi connectivity index (χ0v) is 17.1. The van der Waals surface area contributed by atoms with E-state index in [1.54, 1.807) is 20.8 Å². The van der Waals surface area contributed by atoms with E-state index in [2.05, 4.69) is 0 Å². The van der Waals surface area contributed by atoms with Crippen molar-refractivity contribution in [2.75, 3.05) is 19.8 Å². The highest BCUT2D eigenvalue weighted by Gasteiger charge is 2.57. The molecule has 160 valence electrons. The minimum atomic E-state index is -1.72. The van der Waals surface area contributed by atoms with Crippen LogP contribution in [0.5, 0.6) is 11.5 Å². The van der Waals surface area contributed by atoms with Crippen LogP contribution < -0.4 is 4.74 Å². The Balaban J connectivity index is 2.66. The van der Waals surface area contributed by atoms with Gasteiger partial charge in [-0.2, -0.15) is 0 Å². The monoisotopic (exact) mass is 408 g/mol. The molecular formula is C21H28O8. The Morgan fingerprint density at radius 1 is 1.10 bits per heavy atom. The van der Waals surface area contributed by atoms with E-state index in [1.807, 2.05) is 0 Å². The fraction of sp³-hybridized carbons (Fsp3) is 0.571. The van der Waals surface area contributed by atoms with Crippen molar-refractivity contribution in [3.05, 3.63) is 23.8 Å². The lowest BCUT2D eigenvalue weighted by atomic mass is 9.61. The highest BCUT2D eigenvalue weighted by atomic mass is 16.5. The molecule has 0 aliphatic heterocycles. The molecule has 2 rings (SSSR count). The third kappa shape index (κ3) is 4.70. The number of aromatic hydroxyl groups is 1. The molecule has 29 heavy (non-hydrogen) atoms. The Morgan fingerprint density at radius 3 is 2.31 bits per heavy atom. The van der Waals surface area contributed by atoms with Crippen LogP contribution in [0.2, 0.25) is 0 Å². The van der Waals surface area contributed by atoms with E-state index in [4.69, 9.17) is 14.2 Å². The lowest BCUT2D eigenvalue weighted by molar-refractivity contribution is -0.172. The lowest BCUT2D eigenvalue weighted by Crippen LogP contribution is -2.55. The molecule has 8 heteroatoms. The second-order valence-electron chi connectivity index (χ2n) is 7.15. The fourth-order valence-electron chi connectivity index (χ4n) is 3.89. The number of carbonyl (C=O) groups is 3. The minimum absolute atomic E-state index is 0.0651. The van der Waals surface area contributed by atoms with Crippen molar-refractivity contribution in [2.24, 2.45) is 11.8 Å². The molecule has 1 aromatic carbocycles. The first-order chi connectivity index (χ1) is 13.7. The number of phenols is 1. The summed E-state index contributed by atoms with van der Waals surface area (Å²) >= 11 is 0. The van der Waals surface area contributed by atoms with Crippen molar-refractivity contribution >= 4 is 17.7 Å². The highest BCUT2D eigenvalue weighted by Crippen LogP contribution is 2.48. The molecule has 0 spiro atoms. The first-order valence-corrected chi connectivity index (χ1v) is 9.71. The van der Waals surface area contributed by atoms with Gasteiger partial charge < -0.3 is 24.4 Å². The van der Waals surface area contributed by atoms with Crippen LogP contribution in [0.3, 0.4) is 0 Å². The van der Waals surface area contributed by atoms with E-state index in [0.29, 0.717) is 5.56 Å². The maximum Gasteiger partial charge on any atom is 0.317 e. The maximum absolute atomic E-state index is 12.8. The van der Waals surface area contributed by atoms with Crippen LogP contribution in [0.1, 0.15) is 45.6 Å². The predicted molar refractivity (Wildman–Crippen MR) is 103 cm³/mol. The smallest absolute Gasteiger partial charge is 0.317 e. The van der Waals surface area contributed by atoms with Gasteiger partial charge in [-0.15, -0.1) is 0 Å². The van der Waals surface area contributed by atoms with Crippen LogP contribution >= 0.6 is 0 Å². The van der Waals surface area contributed by atoms with E-state index in [-0.39, 0.29) is 37.7 Å². The zero-order chi connectivity index (χ0) is 21.8. The highest BCUT2D eigenvalue weighted by molar-refractivity contribution is 6.02. The van der Waals surface area contributed by atoms with Gasteiger partial charge in [0.15, 0.2) is 17.3 Å². The summed E-state index contributed by atoms with van der Waals surface area (Å²) in [4.78, 5) is 38.3. The van der Waals surface area contributed by atoms with Gasteiger partial charge in [0, 0.05) is 12.3 Å². The van der Waals surface area contributed by atoms with Gasteiger partial charge in [0.25, 0.3) is 0 Å². The van der Waals surface area contributed by atoms with Gasteiger partial charge in [0.1, 0.15) is 5.92 Å². The number of carbonyl (C=O) groups excluding carboxylic acids is 3. The number of rotatable bonds is 7. The molecule has 8 nitrogen and oxygen atoms in total. The summed E-state index contributed by atoms with van der Waals surface area (Å²) in [6, 6.07) is 4.32. The first kappa shape index (κ1) is 22.7. The Bertz CT molecular complexity index is 770. The van der Waals surface area contributed by atoms with Gasteiger partial charge in [-0.1, -0.05) is 6.07 Å². The number of hydrogen-bond acceptors (Lipinski definition) is 8. The number of ketones is 1. The Kier molecular flexibility index (Phi) is 7.24. The van der Waals surface area contributed by atoms with Gasteiger partial charge in [0.2, 0.25) is 0 Å². The molecule has 0 heterocycles. The van der Waals surface area contributed by atoms with Crippen LogP contribution in [0.25, 0.3) is 0 Å². The summed E-state index contributed by atoms with van der Waals surface area (Å²) in [5, 5.41) is 20.9. The number of aliphatic hydroxyl groups is 1. The molecule has 0 unspecified atom stereocenters. The summed E-state index contributed by atoms with van der Waals surface area (Å²) in [7, 11) is 0. The first-order valence-electron chi connectivity index (χ1n) is 9.71. The lowest BCUT2D eigenvalue weighted by Gasteiger charge is -2.43. The van der Waals surface area contributed by atoms with E-state index < -0.39 is 41.1 Å². The van der Waals surface area contributed by atoms with Gasteiger partial charge in [-0.25, -0.2) is 0 Å². The normalized spacial score (nSPS) is 26.7. The van der Waals surface area contributed by atoms with E-state index in [9.17, 15) is 24.6 Å². The second kappa shape index (κ2) is 9.26. The second-order valence-corrected chi connectivity index (χ2v) is 7.15. The average molecular weight is 408 g/mol.